The maximum Gasteiger partial charge on any atom is 0.241 e. The third-order valence-corrected chi connectivity index (χ3v) is 5.87. The molecule has 1 aliphatic heterocycles. The maximum absolute atomic E-state index is 12.7. The molecule has 0 saturated carbocycles. The van der Waals surface area contributed by atoms with E-state index < -0.39 is 0 Å². The van der Waals surface area contributed by atoms with Crippen LogP contribution in [0.2, 0.25) is 10.0 Å². The van der Waals surface area contributed by atoms with Crippen LogP contribution in [0.15, 0.2) is 47.0 Å². The van der Waals surface area contributed by atoms with E-state index in [1.165, 1.54) is 0 Å². The second-order valence-corrected chi connectivity index (χ2v) is 8.39. The lowest BCUT2D eigenvalue weighted by molar-refractivity contribution is -0.121. The van der Waals surface area contributed by atoms with Crippen LogP contribution in [0.4, 0.5) is 5.69 Å². The van der Waals surface area contributed by atoms with E-state index in [1.54, 1.807) is 18.2 Å². The van der Waals surface area contributed by atoms with Crippen molar-refractivity contribution in [2.24, 2.45) is 5.92 Å². The highest BCUT2D eigenvalue weighted by Crippen LogP contribution is 2.24. The summed E-state index contributed by atoms with van der Waals surface area (Å²) in [6.45, 7) is 3.96. The second-order valence-electron chi connectivity index (χ2n) is 7.55. The van der Waals surface area contributed by atoms with E-state index >= 15 is 0 Å². The molecule has 0 aliphatic carbocycles. The zero-order chi connectivity index (χ0) is 21.1. The molecule has 0 spiro atoms. The Morgan fingerprint density at radius 1 is 1.27 bits per heavy atom. The van der Waals surface area contributed by atoms with Crippen molar-refractivity contribution in [2.45, 2.75) is 26.3 Å². The van der Waals surface area contributed by atoms with Crippen LogP contribution in [0, 0.1) is 12.8 Å². The predicted molar refractivity (Wildman–Crippen MR) is 118 cm³/mol. The minimum atomic E-state index is -0.103. The van der Waals surface area contributed by atoms with E-state index in [0.717, 1.165) is 36.2 Å². The van der Waals surface area contributed by atoms with Crippen molar-refractivity contribution in [2.75, 3.05) is 18.4 Å². The van der Waals surface area contributed by atoms with Crippen LogP contribution in [-0.2, 0) is 11.3 Å². The molecule has 1 saturated heterocycles. The number of carbonyl (C=O) groups excluding carboxylic acids is 1. The number of halogens is 2. The van der Waals surface area contributed by atoms with Gasteiger partial charge < -0.3 is 9.84 Å². The first-order chi connectivity index (χ1) is 14.5. The highest BCUT2D eigenvalue weighted by atomic mass is 35.5. The van der Waals surface area contributed by atoms with Gasteiger partial charge in [0.25, 0.3) is 0 Å². The van der Waals surface area contributed by atoms with Gasteiger partial charge in [-0.25, -0.2) is 0 Å². The lowest BCUT2D eigenvalue weighted by atomic mass is 9.97. The standard InChI is InChI=1S/C22H22Cl2N4O2/c1-14-7-8-18(11-19(14)24)25-22(29)16-5-3-9-28(12-16)13-20-26-21(27-30-20)15-4-2-6-17(23)10-15/h2,4,6-8,10-11,16H,3,5,9,12-13H2,1H3,(H,25,29). The van der Waals surface area contributed by atoms with Crippen molar-refractivity contribution in [3.05, 3.63) is 64.0 Å². The molecule has 1 atom stereocenters. The van der Waals surface area contributed by atoms with E-state index in [2.05, 4.69) is 20.4 Å². The number of hydrogen-bond acceptors (Lipinski definition) is 5. The summed E-state index contributed by atoms with van der Waals surface area (Å²) >= 11 is 12.2. The quantitative estimate of drug-likeness (QED) is 0.585. The van der Waals surface area contributed by atoms with Crippen LogP contribution in [0.5, 0.6) is 0 Å². The molecule has 1 fully saturated rings. The van der Waals surface area contributed by atoms with Gasteiger partial charge in [-0.2, -0.15) is 4.98 Å². The number of aryl methyl sites for hydroxylation is 1. The molecular weight excluding hydrogens is 423 g/mol. The van der Waals surface area contributed by atoms with E-state index in [9.17, 15) is 4.79 Å². The SMILES string of the molecule is Cc1ccc(NC(=O)C2CCCN(Cc3nc(-c4cccc(Cl)c4)no3)C2)cc1Cl. The highest BCUT2D eigenvalue weighted by molar-refractivity contribution is 6.31. The molecule has 0 bridgehead atoms. The van der Waals surface area contributed by atoms with Gasteiger partial charge >= 0.3 is 0 Å². The molecule has 2 aromatic carbocycles. The summed E-state index contributed by atoms with van der Waals surface area (Å²) in [5, 5.41) is 8.30. The Bertz CT molecular complexity index is 1050. The monoisotopic (exact) mass is 444 g/mol. The third kappa shape index (κ3) is 5.01. The molecule has 3 aromatic rings. The number of nitrogens with zero attached hydrogens (tertiary/aromatic N) is 3. The lowest BCUT2D eigenvalue weighted by Crippen LogP contribution is -2.40. The molecular formula is C22H22Cl2N4O2. The smallest absolute Gasteiger partial charge is 0.241 e. The number of piperidine rings is 1. The van der Waals surface area contributed by atoms with Gasteiger partial charge in [0, 0.05) is 27.8 Å². The number of carbonyl (C=O) groups is 1. The van der Waals surface area contributed by atoms with Gasteiger partial charge in [0.2, 0.25) is 17.6 Å². The highest BCUT2D eigenvalue weighted by Gasteiger charge is 2.27. The summed E-state index contributed by atoms with van der Waals surface area (Å²) in [6, 6.07) is 12.9. The molecule has 4 rings (SSSR count). The number of anilines is 1. The Labute approximate surface area is 185 Å². The van der Waals surface area contributed by atoms with Gasteiger partial charge in [0.15, 0.2) is 0 Å². The number of rotatable bonds is 5. The molecule has 8 heteroatoms. The Morgan fingerprint density at radius 3 is 2.93 bits per heavy atom. The average molecular weight is 445 g/mol. The first-order valence-corrected chi connectivity index (χ1v) is 10.6. The zero-order valence-corrected chi connectivity index (χ0v) is 18.1. The van der Waals surface area contributed by atoms with Crippen LogP contribution in [0.1, 0.15) is 24.3 Å². The molecule has 1 amide bonds. The fraction of sp³-hybridized carbons (Fsp3) is 0.318. The van der Waals surface area contributed by atoms with Gasteiger partial charge in [-0.1, -0.05) is 46.6 Å². The predicted octanol–water partition coefficient (Wildman–Crippen LogP) is 5.20. The van der Waals surface area contributed by atoms with E-state index in [1.807, 2.05) is 31.2 Å². The molecule has 1 aromatic heterocycles. The largest absolute Gasteiger partial charge is 0.338 e. The number of likely N-dealkylation sites (tertiary alicyclic amines) is 1. The first kappa shape index (κ1) is 20.8. The van der Waals surface area contributed by atoms with E-state index in [0.29, 0.717) is 34.8 Å². The molecule has 0 radical (unpaired) electrons. The molecule has 30 heavy (non-hydrogen) atoms. The van der Waals surface area contributed by atoms with Gasteiger partial charge in [0.05, 0.1) is 12.5 Å². The number of aromatic nitrogens is 2. The van der Waals surface area contributed by atoms with Gasteiger partial charge in [-0.3, -0.25) is 9.69 Å². The minimum absolute atomic E-state index is 0.00441. The van der Waals surface area contributed by atoms with E-state index in [-0.39, 0.29) is 11.8 Å². The number of nitrogens with one attached hydrogen (secondary N) is 1. The molecule has 1 N–H and O–H groups in total. The summed E-state index contributed by atoms with van der Waals surface area (Å²) in [7, 11) is 0. The van der Waals surface area contributed by atoms with Crippen molar-refractivity contribution >= 4 is 34.8 Å². The van der Waals surface area contributed by atoms with Crippen molar-refractivity contribution in [1.29, 1.82) is 0 Å². The first-order valence-electron chi connectivity index (χ1n) is 9.86. The zero-order valence-electron chi connectivity index (χ0n) is 16.6. The Balaban J connectivity index is 1.37. The molecule has 2 heterocycles. The summed E-state index contributed by atoms with van der Waals surface area (Å²) < 4.78 is 5.42. The summed E-state index contributed by atoms with van der Waals surface area (Å²) in [6.07, 6.45) is 1.78. The molecule has 156 valence electrons. The Kier molecular flexibility index (Phi) is 6.37. The van der Waals surface area contributed by atoms with Crippen LogP contribution in [0.25, 0.3) is 11.4 Å². The van der Waals surface area contributed by atoms with Crippen molar-refractivity contribution in [3.63, 3.8) is 0 Å². The topological polar surface area (TPSA) is 71.3 Å². The third-order valence-electron chi connectivity index (χ3n) is 5.23. The molecule has 1 aliphatic rings. The van der Waals surface area contributed by atoms with Crippen LogP contribution >= 0.6 is 23.2 Å². The second kappa shape index (κ2) is 9.16. The summed E-state index contributed by atoms with van der Waals surface area (Å²) in [5.41, 5.74) is 2.51. The fourth-order valence-electron chi connectivity index (χ4n) is 3.58. The summed E-state index contributed by atoms with van der Waals surface area (Å²) in [5.74, 6) is 0.935. The number of amides is 1. The maximum atomic E-state index is 12.7. The van der Waals surface area contributed by atoms with Gasteiger partial charge in [-0.05, 0) is 56.1 Å². The fourth-order valence-corrected chi connectivity index (χ4v) is 3.95. The summed E-state index contributed by atoms with van der Waals surface area (Å²) in [4.78, 5) is 19.4. The minimum Gasteiger partial charge on any atom is -0.338 e. The molecule has 1 unspecified atom stereocenters. The molecule has 6 nitrogen and oxygen atoms in total. The van der Waals surface area contributed by atoms with Gasteiger partial charge in [0.1, 0.15) is 0 Å². The van der Waals surface area contributed by atoms with Crippen molar-refractivity contribution in [3.8, 4) is 11.4 Å². The number of benzene rings is 2. The average Bonchev–Trinajstić information content (AvgIpc) is 3.19. The van der Waals surface area contributed by atoms with Crippen molar-refractivity contribution in [1.82, 2.24) is 15.0 Å². The number of hydrogen-bond donors (Lipinski definition) is 1. The van der Waals surface area contributed by atoms with Crippen LogP contribution in [-0.4, -0.2) is 34.0 Å². The van der Waals surface area contributed by atoms with Crippen molar-refractivity contribution < 1.29 is 9.32 Å². The van der Waals surface area contributed by atoms with E-state index in [4.69, 9.17) is 27.7 Å². The van der Waals surface area contributed by atoms with Gasteiger partial charge in [-0.15, -0.1) is 0 Å². The Hall–Kier alpha value is -2.41. The lowest BCUT2D eigenvalue weighted by Gasteiger charge is -2.30. The van der Waals surface area contributed by atoms with Crippen LogP contribution in [0.3, 0.4) is 0 Å². The normalized spacial score (nSPS) is 17.1. The van der Waals surface area contributed by atoms with Crippen LogP contribution < -0.4 is 5.32 Å². The Morgan fingerprint density at radius 2 is 2.13 bits per heavy atom.